The number of nitrogens with zero attached hydrogens (tertiary/aromatic N) is 3. The van der Waals surface area contributed by atoms with E-state index in [0.717, 1.165) is 21.8 Å². The van der Waals surface area contributed by atoms with Crippen molar-refractivity contribution < 1.29 is 13.2 Å². The summed E-state index contributed by atoms with van der Waals surface area (Å²) in [5.74, 6) is 0. The molecule has 3 aromatic rings. The van der Waals surface area contributed by atoms with Crippen molar-refractivity contribution in [3.05, 3.63) is 59.9 Å². The highest BCUT2D eigenvalue weighted by Gasteiger charge is 2.33. The van der Waals surface area contributed by atoms with E-state index in [1.165, 1.54) is 40.5 Å². The van der Waals surface area contributed by atoms with Gasteiger partial charge in [-0.05, 0) is 25.1 Å². The van der Waals surface area contributed by atoms with E-state index in [-0.39, 0.29) is 5.56 Å². The molecule has 10 heteroatoms. The number of rotatable bonds is 2. The lowest BCUT2D eigenvalue weighted by Gasteiger charge is -2.13. The summed E-state index contributed by atoms with van der Waals surface area (Å²) in [5.41, 5.74) is -0.175. The van der Waals surface area contributed by atoms with Crippen LogP contribution in [0.4, 0.5) is 18.9 Å². The van der Waals surface area contributed by atoms with E-state index in [4.69, 9.17) is 0 Å². The average Bonchev–Trinajstić information content (AvgIpc) is 3.33. The topological polar surface area (TPSA) is 38.1 Å². The maximum Gasteiger partial charge on any atom is 0.416 e. The molecule has 4 rings (SSSR count). The molecule has 0 N–H and O–H groups in total. The molecule has 0 fully saturated rings. The zero-order valence-corrected chi connectivity index (χ0v) is 17.2. The van der Waals surface area contributed by atoms with Gasteiger partial charge in [-0.25, -0.2) is 4.98 Å². The maximum absolute atomic E-state index is 13.0. The van der Waals surface area contributed by atoms with E-state index in [9.17, 15) is 18.0 Å². The van der Waals surface area contributed by atoms with Crippen molar-refractivity contribution in [3.8, 4) is 0 Å². The van der Waals surface area contributed by atoms with Crippen molar-refractivity contribution in [3.63, 3.8) is 0 Å². The molecule has 146 valence electrons. The third-order valence-electron chi connectivity index (χ3n) is 4.28. The molecule has 3 heterocycles. The van der Waals surface area contributed by atoms with Crippen molar-refractivity contribution in [2.45, 2.75) is 24.5 Å². The minimum absolute atomic E-state index is 0.145. The SMILES string of the molecule is CCn1c(=Cc2nccs2)sc(=C2Sc3cc(C(F)(F)F)ccc3N2C)c1=O. The fourth-order valence-corrected chi connectivity index (χ4v) is 6.04. The lowest BCUT2D eigenvalue weighted by atomic mass is 10.2. The van der Waals surface area contributed by atoms with Crippen LogP contribution in [-0.4, -0.2) is 16.6 Å². The first-order valence-corrected chi connectivity index (χ1v) is 10.8. The first-order chi connectivity index (χ1) is 13.3. The Morgan fingerprint density at radius 2 is 2.07 bits per heavy atom. The van der Waals surface area contributed by atoms with Crippen LogP contribution in [0.15, 0.2) is 39.5 Å². The Morgan fingerprint density at radius 1 is 1.29 bits per heavy atom. The predicted molar refractivity (Wildman–Crippen MR) is 108 cm³/mol. The molecule has 0 bridgehead atoms. The molecule has 0 saturated carbocycles. The van der Waals surface area contributed by atoms with E-state index in [1.807, 2.05) is 18.4 Å². The van der Waals surface area contributed by atoms with Crippen molar-refractivity contribution in [2.24, 2.45) is 0 Å². The van der Waals surface area contributed by atoms with Gasteiger partial charge in [0.1, 0.15) is 19.2 Å². The highest BCUT2D eigenvalue weighted by atomic mass is 32.2. The molecule has 28 heavy (non-hydrogen) atoms. The van der Waals surface area contributed by atoms with E-state index >= 15 is 0 Å². The minimum Gasteiger partial charge on any atom is -0.337 e. The number of anilines is 1. The second-order valence-electron chi connectivity index (χ2n) is 5.98. The first-order valence-electron chi connectivity index (χ1n) is 8.27. The van der Waals surface area contributed by atoms with Crippen LogP contribution in [0.3, 0.4) is 0 Å². The molecule has 0 unspecified atom stereocenters. The van der Waals surface area contributed by atoms with Gasteiger partial charge in [-0.15, -0.1) is 22.7 Å². The Labute approximate surface area is 170 Å². The highest BCUT2D eigenvalue weighted by molar-refractivity contribution is 8.08. The van der Waals surface area contributed by atoms with Crippen LogP contribution >= 0.6 is 34.4 Å². The normalized spacial score (nSPS) is 16.8. The fraction of sp³-hybridized carbons (Fsp3) is 0.222. The number of aromatic nitrogens is 2. The minimum atomic E-state index is -4.40. The number of alkyl halides is 3. The third-order valence-corrected chi connectivity index (χ3v) is 7.47. The maximum atomic E-state index is 13.0. The number of thiazole rings is 2. The second kappa shape index (κ2) is 7.09. The number of benzene rings is 1. The molecule has 0 amide bonds. The molecule has 1 aliphatic heterocycles. The summed E-state index contributed by atoms with van der Waals surface area (Å²) < 4.78 is 42.0. The Balaban J connectivity index is 1.88. The smallest absolute Gasteiger partial charge is 0.337 e. The lowest BCUT2D eigenvalue weighted by molar-refractivity contribution is -0.137. The molecule has 4 nitrogen and oxygen atoms in total. The van der Waals surface area contributed by atoms with Gasteiger partial charge in [-0.1, -0.05) is 11.8 Å². The van der Waals surface area contributed by atoms with Gasteiger partial charge in [0.25, 0.3) is 5.56 Å². The molecule has 2 aromatic heterocycles. The van der Waals surface area contributed by atoms with Gasteiger partial charge in [-0.3, -0.25) is 9.36 Å². The van der Waals surface area contributed by atoms with Crippen molar-refractivity contribution in [1.29, 1.82) is 0 Å². The number of hydrogen-bond acceptors (Lipinski definition) is 6. The van der Waals surface area contributed by atoms with Crippen LogP contribution in [0.25, 0.3) is 11.1 Å². The summed E-state index contributed by atoms with van der Waals surface area (Å²) in [4.78, 5) is 19.5. The Hall–Kier alpha value is -2.04. The molecular formula is C18H14F3N3OS3. The predicted octanol–water partition coefficient (Wildman–Crippen LogP) is 3.54. The molecule has 0 aliphatic carbocycles. The number of halogens is 3. The van der Waals surface area contributed by atoms with Gasteiger partial charge >= 0.3 is 6.18 Å². The van der Waals surface area contributed by atoms with Gasteiger partial charge in [0.05, 0.1) is 11.3 Å². The summed E-state index contributed by atoms with van der Waals surface area (Å²) >= 11 is 4.00. The summed E-state index contributed by atoms with van der Waals surface area (Å²) in [7, 11) is 1.76. The average molecular weight is 442 g/mol. The van der Waals surface area contributed by atoms with E-state index in [1.54, 1.807) is 22.7 Å². The molecule has 0 spiro atoms. The Kier molecular flexibility index (Phi) is 4.88. The Morgan fingerprint density at radius 3 is 2.71 bits per heavy atom. The van der Waals surface area contributed by atoms with Crippen molar-refractivity contribution in [1.82, 2.24) is 9.55 Å². The van der Waals surface area contributed by atoms with Gasteiger partial charge in [0.2, 0.25) is 0 Å². The standard InChI is InChI=1S/C18H14F3N3OS3/c1-3-24-14(9-13-22-6-7-26-13)28-15(16(24)25)17-23(2)11-5-4-10(18(19,20)21)8-12(11)27-17/h4-9H,3H2,1-2H3. The zero-order valence-electron chi connectivity index (χ0n) is 14.8. The third kappa shape index (κ3) is 3.29. The van der Waals surface area contributed by atoms with Gasteiger partial charge in [-0.2, -0.15) is 13.2 Å². The molecule has 0 saturated heterocycles. The monoisotopic (exact) mass is 441 g/mol. The molecule has 0 atom stereocenters. The van der Waals surface area contributed by atoms with Crippen LogP contribution < -0.4 is 19.7 Å². The van der Waals surface area contributed by atoms with Crippen LogP contribution in [0.1, 0.15) is 17.5 Å². The molecule has 1 aliphatic rings. The highest BCUT2D eigenvalue weighted by Crippen LogP contribution is 2.47. The van der Waals surface area contributed by atoms with Crippen molar-refractivity contribution in [2.75, 3.05) is 11.9 Å². The summed E-state index contributed by atoms with van der Waals surface area (Å²) in [6.45, 7) is 2.39. The van der Waals surface area contributed by atoms with E-state index < -0.39 is 11.7 Å². The Bertz CT molecular complexity index is 1210. The number of hydrogen-bond donors (Lipinski definition) is 0. The van der Waals surface area contributed by atoms with Crippen LogP contribution in [-0.2, 0) is 12.7 Å². The summed E-state index contributed by atoms with van der Waals surface area (Å²) in [6.07, 6.45) is -0.840. The largest absolute Gasteiger partial charge is 0.416 e. The molecule has 0 radical (unpaired) electrons. The van der Waals surface area contributed by atoms with Crippen LogP contribution in [0, 0.1) is 0 Å². The van der Waals surface area contributed by atoms with Gasteiger partial charge in [0, 0.05) is 36.1 Å². The molecular weight excluding hydrogens is 427 g/mol. The van der Waals surface area contributed by atoms with Gasteiger partial charge in [0.15, 0.2) is 0 Å². The second-order valence-corrected chi connectivity index (χ2v) is 8.97. The summed E-state index contributed by atoms with van der Waals surface area (Å²) in [6, 6.07) is 3.66. The van der Waals surface area contributed by atoms with E-state index in [0.29, 0.717) is 26.7 Å². The quantitative estimate of drug-likeness (QED) is 0.610. The van der Waals surface area contributed by atoms with E-state index in [2.05, 4.69) is 4.98 Å². The lowest BCUT2D eigenvalue weighted by Crippen LogP contribution is -2.33. The van der Waals surface area contributed by atoms with Gasteiger partial charge < -0.3 is 4.90 Å². The van der Waals surface area contributed by atoms with Crippen molar-refractivity contribution >= 4 is 51.2 Å². The van der Waals surface area contributed by atoms with Crippen LogP contribution in [0.2, 0.25) is 0 Å². The molecule has 1 aromatic carbocycles. The number of thioether (sulfide) groups is 1. The number of fused-ring (bicyclic) bond motifs is 1. The summed E-state index contributed by atoms with van der Waals surface area (Å²) in [5, 5.41) is 3.30. The fourth-order valence-electron chi connectivity index (χ4n) is 2.91. The first kappa shape index (κ1) is 19.3. The van der Waals surface area contributed by atoms with Crippen LogP contribution in [0.5, 0.6) is 0 Å². The zero-order chi connectivity index (χ0) is 20.1.